The molecular formula is C15H19N3O3S. The summed E-state index contributed by atoms with van der Waals surface area (Å²) in [5.41, 5.74) is 1.32. The quantitative estimate of drug-likeness (QED) is 0.935. The fourth-order valence-electron chi connectivity index (χ4n) is 2.92. The van der Waals surface area contributed by atoms with Crippen molar-refractivity contribution >= 4 is 15.7 Å². The summed E-state index contributed by atoms with van der Waals surface area (Å²) in [6, 6.07) is 6.93. The van der Waals surface area contributed by atoms with E-state index in [0.717, 1.165) is 18.2 Å². The third-order valence-corrected chi connectivity index (χ3v) is 4.67. The minimum Gasteiger partial charge on any atom is -0.339 e. The number of sulfonamides is 1. The first-order chi connectivity index (χ1) is 10.4. The summed E-state index contributed by atoms with van der Waals surface area (Å²) in [7, 11) is -3.27. The molecule has 0 bridgehead atoms. The molecule has 0 aliphatic heterocycles. The van der Waals surface area contributed by atoms with Gasteiger partial charge >= 0.3 is 0 Å². The van der Waals surface area contributed by atoms with E-state index in [1.807, 2.05) is 0 Å². The summed E-state index contributed by atoms with van der Waals surface area (Å²) in [5.74, 6) is 2.18. The lowest BCUT2D eigenvalue weighted by molar-refractivity contribution is 0.331. The van der Waals surface area contributed by atoms with Gasteiger partial charge in [0.15, 0.2) is 0 Å². The largest absolute Gasteiger partial charge is 0.339 e. The molecule has 1 aliphatic carbocycles. The van der Waals surface area contributed by atoms with Gasteiger partial charge in [0.25, 0.3) is 0 Å². The number of nitrogens with one attached hydrogen (secondary N) is 1. The van der Waals surface area contributed by atoms with Gasteiger partial charge in [-0.3, -0.25) is 4.72 Å². The molecule has 0 amide bonds. The van der Waals surface area contributed by atoms with Gasteiger partial charge in [0.2, 0.25) is 21.7 Å². The van der Waals surface area contributed by atoms with E-state index in [1.54, 1.807) is 24.3 Å². The van der Waals surface area contributed by atoms with Crippen molar-refractivity contribution in [3.63, 3.8) is 0 Å². The Kier molecular flexibility index (Phi) is 3.90. The van der Waals surface area contributed by atoms with E-state index in [0.29, 0.717) is 29.2 Å². The molecule has 22 heavy (non-hydrogen) atoms. The van der Waals surface area contributed by atoms with Gasteiger partial charge in [-0.05, 0) is 43.0 Å². The van der Waals surface area contributed by atoms with E-state index in [2.05, 4.69) is 21.8 Å². The number of anilines is 1. The van der Waals surface area contributed by atoms with E-state index in [9.17, 15) is 8.42 Å². The Morgan fingerprint density at radius 3 is 2.55 bits per heavy atom. The first kappa shape index (κ1) is 15.0. The Morgan fingerprint density at radius 1 is 1.23 bits per heavy atom. The van der Waals surface area contributed by atoms with E-state index in [1.165, 1.54) is 12.8 Å². The molecule has 1 N–H and O–H groups in total. The smallest absolute Gasteiger partial charge is 0.230 e. The maximum absolute atomic E-state index is 11.2. The maximum Gasteiger partial charge on any atom is 0.230 e. The molecule has 3 rings (SSSR count). The zero-order valence-corrected chi connectivity index (χ0v) is 13.4. The first-order valence-electron chi connectivity index (χ1n) is 7.34. The predicted molar refractivity (Wildman–Crippen MR) is 84.0 cm³/mol. The monoisotopic (exact) mass is 321 g/mol. The van der Waals surface area contributed by atoms with Gasteiger partial charge in [0.05, 0.1) is 6.26 Å². The van der Waals surface area contributed by atoms with Gasteiger partial charge in [-0.1, -0.05) is 18.5 Å². The zero-order chi connectivity index (χ0) is 15.7. The van der Waals surface area contributed by atoms with Crippen molar-refractivity contribution < 1.29 is 12.9 Å². The maximum atomic E-state index is 11.2. The summed E-state index contributed by atoms with van der Waals surface area (Å²) in [4.78, 5) is 4.50. The Balaban J connectivity index is 1.78. The third-order valence-electron chi connectivity index (χ3n) is 4.07. The lowest BCUT2D eigenvalue weighted by Gasteiger charge is -2.08. The highest BCUT2D eigenvalue weighted by Crippen LogP contribution is 2.38. The Labute approximate surface area is 130 Å². The van der Waals surface area contributed by atoms with Crippen LogP contribution in [0.4, 0.5) is 5.69 Å². The molecule has 1 heterocycles. The SMILES string of the molecule is C[C@@H]1CCC[C@@H]1c1nc(-c2ccc(NS(C)(=O)=O)cc2)no1. The van der Waals surface area contributed by atoms with E-state index >= 15 is 0 Å². The Hall–Kier alpha value is -1.89. The molecule has 1 aromatic heterocycles. The molecule has 1 saturated carbocycles. The van der Waals surface area contributed by atoms with Gasteiger partial charge in [-0.25, -0.2) is 8.42 Å². The van der Waals surface area contributed by atoms with Crippen molar-refractivity contribution in [1.29, 1.82) is 0 Å². The van der Waals surface area contributed by atoms with Crippen molar-refractivity contribution in [3.05, 3.63) is 30.2 Å². The summed E-state index contributed by atoms with van der Waals surface area (Å²) in [6.45, 7) is 2.22. The van der Waals surface area contributed by atoms with Crippen LogP contribution < -0.4 is 4.72 Å². The molecular weight excluding hydrogens is 302 g/mol. The van der Waals surface area contributed by atoms with Crippen molar-refractivity contribution in [1.82, 2.24) is 10.1 Å². The number of benzene rings is 1. The topological polar surface area (TPSA) is 85.1 Å². The molecule has 0 saturated heterocycles. The van der Waals surface area contributed by atoms with Crippen LogP contribution in [0.25, 0.3) is 11.4 Å². The lowest BCUT2D eigenvalue weighted by Crippen LogP contribution is -2.09. The van der Waals surface area contributed by atoms with Gasteiger partial charge in [-0.15, -0.1) is 0 Å². The molecule has 1 aromatic carbocycles. The summed E-state index contributed by atoms with van der Waals surface area (Å²) >= 11 is 0. The van der Waals surface area contributed by atoms with Crippen LogP contribution in [0.2, 0.25) is 0 Å². The number of rotatable bonds is 4. The van der Waals surface area contributed by atoms with Crippen LogP contribution in [0, 0.1) is 5.92 Å². The second kappa shape index (κ2) is 5.72. The van der Waals surface area contributed by atoms with Crippen LogP contribution in [-0.2, 0) is 10.0 Å². The Bertz CT molecular complexity index is 753. The summed E-state index contributed by atoms with van der Waals surface area (Å²) < 4.78 is 30.2. The van der Waals surface area contributed by atoms with Crippen LogP contribution in [0.3, 0.4) is 0 Å². The highest BCUT2D eigenvalue weighted by Gasteiger charge is 2.29. The van der Waals surface area contributed by atoms with Gasteiger partial charge in [0, 0.05) is 17.2 Å². The molecule has 1 fully saturated rings. The average molecular weight is 321 g/mol. The minimum atomic E-state index is -3.27. The fraction of sp³-hybridized carbons (Fsp3) is 0.467. The average Bonchev–Trinajstić information content (AvgIpc) is 3.06. The van der Waals surface area contributed by atoms with Crippen molar-refractivity contribution in [3.8, 4) is 11.4 Å². The summed E-state index contributed by atoms with van der Waals surface area (Å²) in [6.07, 6.45) is 4.62. The van der Waals surface area contributed by atoms with Crippen molar-refractivity contribution in [2.24, 2.45) is 5.92 Å². The normalized spacial score (nSPS) is 21.9. The molecule has 2 aromatic rings. The van der Waals surface area contributed by atoms with E-state index in [4.69, 9.17) is 4.52 Å². The number of aromatic nitrogens is 2. The van der Waals surface area contributed by atoms with Crippen LogP contribution in [0.5, 0.6) is 0 Å². The molecule has 6 nitrogen and oxygen atoms in total. The van der Waals surface area contributed by atoms with Gasteiger partial charge in [-0.2, -0.15) is 4.98 Å². The second-order valence-electron chi connectivity index (χ2n) is 5.92. The van der Waals surface area contributed by atoms with E-state index < -0.39 is 10.0 Å². The fourth-order valence-corrected chi connectivity index (χ4v) is 3.48. The molecule has 118 valence electrons. The molecule has 0 radical (unpaired) electrons. The molecule has 0 unspecified atom stereocenters. The highest BCUT2D eigenvalue weighted by atomic mass is 32.2. The van der Waals surface area contributed by atoms with Gasteiger partial charge < -0.3 is 4.52 Å². The lowest BCUT2D eigenvalue weighted by atomic mass is 9.98. The molecule has 1 aliphatic rings. The number of hydrogen-bond acceptors (Lipinski definition) is 5. The van der Waals surface area contributed by atoms with Crippen molar-refractivity contribution in [2.75, 3.05) is 11.0 Å². The molecule has 0 spiro atoms. The third kappa shape index (κ3) is 3.30. The molecule has 2 atom stereocenters. The highest BCUT2D eigenvalue weighted by molar-refractivity contribution is 7.92. The second-order valence-corrected chi connectivity index (χ2v) is 7.67. The number of hydrogen-bond donors (Lipinski definition) is 1. The van der Waals surface area contributed by atoms with Gasteiger partial charge in [0.1, 0.15) is 0 Å². The van der Waals surface area contributed by atoms with Crippen molar-refractivity contribution in [2.45, 2.75) is 32.1 Å². The van der Waals surface area contributed by atoms with Crippen LogP contribution in [0.1, 0.15) is 38.0 Å². The standard InChI is InChI=1S/C15H19N3O3S/c1-10-4-3-5-13(10)15-16-14(17-21-15)11-6-8-12(9-7-11)18-22(2,19)20/h6-10,13,18H,3-5H2,1-2H3/t10-,13+/m1/s1. The summed E-state index contributed by atoms with van der Waals surface area (Å²) in [5, 5.41) is 4.04. The minimum absolute atomic E-state index is 0.354. The van der Waals surface area contributed by atoms with Crippen LogP contribution >= 0.6 is 0 Å². The van der Waals surface area contributed by atoms with Crippen LogP contribution in [0.15, 0.2) is 28.8 Å². The molecule has 7 heteroatoms. The van der Waals surface area contributed by atoms with Crippen LogP contribution in [-0.4, -0.2) is 24.8 Å². The number of nitrogens with zero attached hydrogens (tertiary/aromatic N) is 2. The zero-order valence-electron chi connectivity index (χ0n) is 12.6. The van der Waals surface area contributed by atoms with E-state index in [-0.39, 0.29) is 0 Å². The predicted octanol–water partition coefficient (Wildman–Crippen LogP) is 3.01. The Morgan fingerprint density at radius 2 is 1.95 bits per heavy atom. The first-order valence-corrected chi connectivity index (χ1v) is 9.23.